The molecule has 1 spiro atoms. The van der Waals surface area contributed by atoms with E-state index in [0.717, 1.165) is 5.56 Å². The van der Waals surface area contributed by atoms with E-state index in [9.17, 15) is 19.5 Å². The molecular formula is C32H32ClN3O5S. The van der Waals surface area contributed by atoms with Gasteiger partial charge in [-0.2, -0.15) is 0 Å². The predicted molar refractivity (Wildman–Crippen MR) is 164 cm³/mol. The lowest BCUT2D eigenvalue weighted by molar-refractivity contribution is -0.141. The molecule has 2 unspecified atom stereocenters. The molecule has 3 aromatic carbocycles. The Morgan fingerprint density at radius 2 is 1.67 bits per heavy atom. The van der Waals surface area contributed by atoms with Crippen molar-refractivity contribution in [1.82, 2.24) is 4.90 Å². The van der Waals surface area contributed by atoms with E-state index in [2.05, 4.69) is 10.6 Å². The van der Waals surface area contributed by atoms with Crippen LogP contribution in [0.1, 0.15) is 31.4 Å². The van der Waals surface area contributed by atoms with Crippen LogP contribution in [0.2, 0.25) is 5.02 Å². The molecule has 3 amide bonds. The molecule has 0 radical (unpaired) electrons. The second-order valence-electron chi connectivity index (χ2n) is 10.9. The maximum Gasteiger partial charge on any atom is 0.248 e. The number of amides is 3. The summed E-state index contributed by atoms with van der Waals surface area (Å²) in [6, 6.07) is 21.5. The molecule has 6 atom stereocenters. The minimum absolute atomic E-state index is 0.0982. The van der Waals surface area contributed by atoms with Gasteiger partial charge in [0.05, 0.1) is 35.8 Å². The zero-order valence-corrected chi connectivity index (χ0v) is 24.6. The summed E-state index contributed by atoms with van der Waals surface area (Å²) in [6.07, 6.45) is 1.33. The molecule has 3 heterocycles. The number of likely N-dealkylation sites (tertiary alicyclic amines) is 1. The number of rotatable bonds is 9. The lowest BCUT2D eigenvalue weighted by Gasteiger charge is -2.37. The highest BCUT2D eigenvalue weighted by atomic mass is 35.5. The maximum atomic E-state index is 14.4. The van der Waals surface area contributed by atoms with Crippen molar-refractivity contribution >= 4 is 52.5 Å². The monoisotopic (exact) mass is 605 g/mol. The van der Waals surface area contributed by atoms with Crippen molar-refractivity contribution < 1.29 is 24.2 Å². The molecule has 218 valence electrons. The topological polar surface area (TPSA) is 108 Å². The summed E-state index contributed by atoms with van der Waals surface area (Å²) in [7, 11) is 0. The van der Waals surface area contributed by atoms with Crippen LogP contribution in [0.25, 0.3) is 0 Å². The minimum Gasteiger partial charge on any atom is -0.494 e. The molecule has 0 aliphatic carbocycles. The molecule has 10 heteroatoms. The highest BCUT2D eigenvalue weighted by molar-refractivity contribution is 8.02. The first-order valence-corrected chi connectivity index (χ1v) is 15.4. The Morgan fingerprint density at radius 1 is 1.02 bits per heavy atom. The molecule has 3 aromatic rings. The fourth-order valence-electron chi connectivity index (χ4n) is 6.83. The van der Waals surface area contributed by atoms with Crippen LogP contribution in [-0.4, -0.2) is 57.0 Å². The number of nitrogens with one attached hydrogen (secondary N) is 2. The van der Waals surface area contributed by atoms with Gasteiger partial charge in [-0.05, 0) is 73.9 Å². The van der Waals surface area contributed by atoms with E-state index in [4.69, 9.17) is 16.3 Å². The number of ether oxygens (including phenoxy) is 1. The van der Waals surface area contributed by atoms with Gasteiger partial charge in [-0.15, -0.1) is 11.8 Å². The highest BCUT2D eigenvalue weighted by Gasteiger charge is 2.74. The number of carbonyl (C=O) groups excluding carboxylic acids is 3. The standard InChI is InChI=1S/C32H32ClN3O5S/c1-2-41-23-14-12-22(13-15-23)34-29(38)26-25-16-17-32(42-25)27(26)31(40)36(24(18-37)19-6-4-3-5-7-19)28(32)30(39)35-21-10-8-20(33)9-11-21/h3-15,24-28,37H,2,16-18H2,1H3,(H,34,38)(H,35,39)/t24-,25+,26-,27+,28?,32?/m1/s1. The number of aliphatic hydroxyl groups is 1. The molecule has 6 rings (SSSR count). The number of anilines is 2. The van der Waals surface area contributed by atoms with Gasteiger partial charge in [0.2, 0.25) is 17.7 Å². The number of halogens is 1. The number of aliphatic hydroxyl groups excluding tert-OH is 1. The molecule has 3 N–H and O–H groups in total. The lowest BCUT2D eigenvalue weighted by Crippen LogP contribution is -2.52. The third kappa shape index (κ3) is 4.93. The fraction of sp³-hybridized carbons (Fsp3) is 0.344. The summed E-state index contributed by atoms with van der Waals surface area (Å²) < 4.78 is 4.70. The summed E-state index contributed by atoms with van der Waals surface area (Å²) in [5.41, 5.74) is 1.89. The Balaban J connectivity index is 1.35. The molecule has 8 nitrogen and oxygen atoms in total. The predicted octanol–water partition coefficient (Wildman–Crippen LogP) is 5.14. The van der Waals surface area contributed by atoms with Gasteiger partial charge >= 0.3 is 0 Å². The van der Waals surface area contributed by atoms with Gasteiger partial charge in [0, 0.05) is 21.6 Å². The Morgan fingerprint density at radius 3 is 2.31 bits per heavy atom. The van der Waals surface area contributed by atoms with Crippen LogP contribution in [0.4, 0.5) is 11.4 Å². The van der Waals surface area contributed by atoms with E-state index in [-0.39, 0.29) is 29.6 Å². The van der Waals surface area contributed by atoms with Crippen LogP contribution in [0, 0.1) is 11.8 Å². The number of hydrogen-bond donors (Lipinski definition) is 3. The Kier molecular flexibility index (Phi) is 7.91. The maximum absolute atomic E-state index is 14.4. The zero-order valence-electron chi connectivity index (χ0n) is 23.0. The third-order valence-electron chi connectivity index (χ3n) is 8.53. The molecule has 0 aromatic heterocycles. The van der Waals surface area contributed by atoms with E-state index in [1.807, 2.05) is 37.3 Å². The smallest absolute Gasteiger partial charge is 0.248 e. The first-order chi connectivity index (χ1) is 20.4. The van der Waals surface area contributed by atoms with Crippen molar-refractivity contribution in [3.8, 4) is 5.75 Å². The van der Waals surface area contributed by atoms with Crippen molar-refractivity contribution in [3.05, 3.63) is 89.4 Å². The Bertz CT molecular complexity index is 1470. The van der Waals surface area contributed by atoms with Gasteiger partial charge < -0.3 is 25.4 Å². The summed E-state index contributed by atoms with van der Waals surface area (Å²) in [5, 5.41) is 17.0. The molecule has 3 aliphatic heterocycles. The first kappa shape index (κ1) is 28.6. The van der Waals surface area contributed by atoms with Crippen molar-refractivity contribution in [2.45, 2.75) is 41.8 Å². The number of fused-ring (bicyclic) bond motifs is 1. The van der Waals surface area contributed by atoms with Crippen molar-refractivity contribution in [2.24, 2.45) is 11.8 Å². The van der Waals surface area contributed by atoms with Crippen LogP contribution >= 0.6 is 23.4 Å². The molecule has 3 saturated heterocycles. The largest absolute Gasteiger partial charge is 0.494 e. The van der Waals surface area contributed by atoms with E-state index in [0.29, 0.717) is 41.6 Å². The Hall–Kier alpha value is -3.53. The summed E-state index contributed by atoms with van der Waals surface area (Å²) >= 11 is 7.63. The number of thioether (sulfide) groups is 1. The number of hydrogen-bond acceptors (Lipinski definition) is 6. The van der Waals surface area contributed by atoms with Gasteiger partial charge in [-0.3, -0.25) is 14.4 Å². The molecule has 0 saturated carbocycles. The average Bonchev–Trinajstić information content (AvgIpc) is 3.64. The van der Waals surface area contributed by atoms with Gasteiger partial charge in [-0.25, -0.2) is 0 Å². The third-order valence-corrected chi connectivity index (χ3v) is 10.7. The normalized spacial score (nSPS) is 26.5. The quantitative estimate of drug-likeness (QED) is 0.312. The number of nitrogens with zero attached hydrogens (tertiary/aromatic N) is 1. The molecule has 3 fully saturated rings. The summed E-state index contributed by atoms with van der Waals surface area (Å²) in [4.78, 5) is 44.0. The molecule has 3 aliphatic rings. The van der Waals surface area contributed by atoms with Crippen molar-refractivity contribution in [1.29, 1.82) is 0 Å². The fourth-order valence-corrected chi connectivity index (χ4v) is 9.16. The van der Waals surface area contributed by atoms with Crippen LogP contribution < -0.4 is 15.4 Å². The number of carbonyl (C=O) groups is 3. The SMILES string of the molecule is CCOc1ccc(NC(=O)[C@@H]2[C@@H]3CCC4(S3)C(C(=O)Nc3ccc(Cl)cc3)N([C@H](CO)c3ccccc3)C(=O)[C@H]24)cc1. The van der Waals surface area contributed by atoms with Crippen LogP contribution in [0.5, 0.6) is 5.75 Å². The van der Waals surface area contributed by atoms with Gasteiger partial charge in [0.1, 0.15) is 11.8 Å². The molecular weight excluding hydrogens is 574 g/mol. The zero-order chi connectivity index (χ0) is 29.4. The van der Waals surface area contributed by atoms with E-state index in [1.165, 1.54) is 4.90 Å². The summed E-state index contributed by atoms with van der Waals surface area (Å²) in [5.74, 6) is -1.48. The summed E-state index contributed by atoms with van der Waals surface area (Å²) in [6.45, 7) is 2.09. The van der Waals surface area contributed by atoms with E-state index < -0.39 is 28.7 Å². The Labute approximate surface area is 253 Å². The second kappa shape index (κ2) is 11.6. The molecule has 2 bridgehead atoms. The second-order valence-corrected chi connectivity index (χ2v) is 12.9. The van der Waals surface area contributed by atoms with E-state index >= 15 is 0 Å². The van der Waals surface area contributed by atoms with Crippen molar-refractivity contribution in [2.75, 3.05) is 23.8 Å². The first-order valence-electron chi connectivity index (χ1n) is 14.1. The minimum atomic E-state index is -0.888. The van der Waals surface area contributed by atoms with Gasteiger partial charge in [0.25, 0.3) is 0 Å². The van der Waals surface area contributed by atoms with Gasteiger partial charge in [0.15, 0.2) is 0 Å². The number of benzene rings is 3. The van der Waals surface area contributed by atoms with Gasteiger partial charge in [-0.1, -0.05) is 41.9 Å². The van der Waals surface area contributed by atoms with Crippen LogP contribution in [-0.2, 0) is 14.4 Å². The molecule has 42 heavy (non-hydrogen) atoms. The average molecular weight is 606 g/mol. The van der Waals surface area contributed by atoms with Crippen LogP contribution in [0.3, 0.4) is 0 Å². The lowest BCUT2D eigenvalue weighted by atomic mass is 9.70. The van der Waals surface area contributed by atoms with Crippen LogP contribution in [0.15, 0.2) is 78.9 Å². The van der Waals surface area contributed by atoms with Crippen molar-refractivity contribution in [3.63, 3.8) is 0 Å². The highest BCUT2D eigenvalue weighted by Crippen LogP contribution is 2.67. The van der Waals surface area contributed by atoms with E-state index in [1.54, 1.807) is 60.3 Å².